The molecule has 0 fully saturated rings. The first-order valence-electron chi connectivity index (χ1n) is 6.66. The number of hydrogen-bond acceptors (Lipinski definition) is 5. The largest absolute Gasteiger partial charge is 0.454 e. The lowest BCUT2D eigenvalue weighted by Gasteiger charge is -2.08. The molecule has 118 valence electrons. The molecule has 0 saturated carbocycles. The summed E-state index contributed by atoms with van der Waals surface area (Å²) in [5, 5.41) is 0. The van der Waals surface area contributed by atoms with Crippen LogP contribution in [0.4, 0.5) is 5.69 Å². The molecule has 2 heterocycles. The van der Waals surface area contributed by atoms with Crippen LogP contribution in [0.25, 0.3) is 11.0 Å². The Kier molecular flexibility index (Phi) is 2.85. The van der Waals surface area contributed by atoms with Gasteiger partial charge in [0.2, 0.25) is 6.79 Å². The molecule has 0 aliphatic carbocycles. The van der Waals surface area contributed by atoms with Crippen molar-refractivity contribution in [2.24, 2.45) is 0 Å². The zero-order valence-corrected chi connectivity index (χ0v) is 12.4. The second kappa shape index (κ2) is 4.78. The van der Waals surface area contributed by atoms with Gasteiger partial charge in [0.1, 0.15) is 0 Å². The quantitative estimate of drug-likeness (QED) is 0.670. The Morgan fingerprint density at radius 3 is 2.61 bits per heavy atom. The van der Waals surface area contributed by atoms with E-state index in [0.29, 0.717) is 28.2 Å². The maximum atomic E-state index is 12.5. The van der Waals surface area contributed by atoms with Crippen LogP contribution in [0.5, 0.6) is 11.5 Å². The zero-order chi connectivity index (χ0) is 16.0. The van der Waals surface area contributed by atoms with Crippen molar-refractivity contribution in [3.05, 3.63) is 46.9 Å². The molecular weight excluding hydrogens is 322 g/mol. The highest BCUT2D eigenvalue weighted by Crippen LogP contribution is 2.34. The molecule has 1 aliphatic rings. The fourth-order valence-corrected chi connectivity index (χ4v) is 3.43. The molecule has 3 N–H and O–H groups in total. The summed E-state index contributed by atoms with van der Waals surface area (Å²) >= 11 is 0. The Bertz CT molecular complexity index is 1070. The van der Waals surface area contributed by atoms with Crippen molar-refractivity contribution in [1.82, 2.24) is 9.97 Å². The van der Waals surface area contributed by atoms with E-state index in [2.05, 4.69) is 14.7 Å². The topological polar surface area (TPSA) is 113 Å². The summed E-state index contributed by atoms with van der Waals surface area (Å²) in [6, 6.07) is 9.11. The summed E-state index contributed by atoms with van der Waals surface area (Å²) in [7, 11) is -3.80. The molecular formula is C14H11N3O5S. The second-order valence-corrected chi connectivity index (χ2v) is 6.64. The lowest BCUT2D eigenvalue weighted by atomic mass is 10.3. The molecule has 1 aliphatic heterocycles. The highest BCUT2D eigenvalue weighted by atomic mass is 32.2. The van der Waals surface area contributed by atoms with Crippen molar-refractivity contribution in [1.29, 1.82) is 0 Å². The fraction of sp³-hybridized carbons (Fsp3) is 0.0714. The van der Waals surface area contributed by atoms with Gasteiger partial charge in [-0.3, -0.25) is 4.72 Å². The maximum absolute atomic E-state index is 12.5. The number of fused-ring (bicyclic) bond motifs is 2. The Balaban J connectivity index is 1.69. The Morgan fingerprint density at radius 1 is 0.957 bits per heavy atom. The number of imidazole rings is 1. The third-order valence-corrected chi connectivity index (χ3v) is 4.80. The van der Waals surface area contributed by atoms with E-state index in [1.807, 2.05) is 0 Å². The highest BCUT2D eigenvalue weighted by molar-refractivity contribution is 7.92. The Morgan fingerprint density at radius 2 is 1.74 bits per heavy atom. The number of sulfonamides is 1. The molecule has 4 rings (SSSR count). The van der Waals surface area contributed by atoms with Crippen molar-refractivity contribution >= 4 is 26.7 Å². The van der Waals surface area contributed by atoms with E-state index < -0.39 is 15.7 Å². The third-order valence-electron chi connectivity index (χ3n) is 3.42. The molecule has 0 unspecified atom stereocenters. The number of H-pyrrole nitrogens is 2. The average molecular weight is 333 g/mol. The van der Waals surface area contributed by atoms with E-state index in [-0.39, 0.29) is 11.7 Å². The minimum Gasteiger partial charge on any atom is -0.454 e. The SMILES string of the molecule is O=c1[nH]c2ccc(S(=O)(=O)Nc3ccc4c(c3)OCO4)cc2[nH]1. The molecule has 0 saturated heterocycles. The number of benzene rings is 2. The van der Waals surface area contributed by atoms with Crippen LogP contribution in [0.1, 0.15) is 0 Å². The van der Waals surface area contributed by atoms with Crippen LogP contribution >= 0.6 is 0 Å². The average Bonchev–Trinajstić information content (AvgIpc) is 3.10. The van der Waals surface area contributed by atoms with Crippen LogP contribution in [0.2, 0.25) is 0 Å². The van der Waals surface area contributed by atoms with Crippen molar-refractivity contribution in [3.63, 3.8) is 0 Å². The molecule has 0 amide bonds. The smallest absolute Gasteiger partial charge is 0.323 e. The van der Waals surface area contributed by atoms with Gasteiger partial charge in [0.05, 0.1) is 21.6 Å². The fourth-order valence-electron chi connectivity index (χ4n) is 2.35. The van der Waals surface area contributed by atoms with Crippen molar-refractivity contribution in [2.75, 3.05) is 11.5 Å². The second-order valence-electron chi connectivity index (χ2n) is 4.96. The first-order valence-corrected chi connectivity index (χ1v) is 8.14. The van der Waals surface area contributed by atoms with Crippen LogP contribution < -0.4 is 19.9 Å². The monoisotopic (exact) mass is 333 g/mol. The van der Waals surface area contributed by atoms with Gasteiger partial charge in [-0.05, 0) is 30.3 Å². The Hall–Kier alpha value is -2.94. The van der Waals surface area contributed by atoms with Gasteiger partial charge in [-0.1, -0.05) is 0 Å². The van der Waals surface area contributed by atoms with Crippen LogP contribution in [-0.4, -0.2) is 25.2 Å². The van der Waals surface area contributed by atoms with E-state index in [0.717, 1.165) is 0 Å². The van der Waals surface area contributed by atoms with Gasteiger partial charge in [-0.25, -0.2) is 13.2 Å². The molecule has 1 aromatic heterocycles. The van der Waals surface area contributed by atoms with E-state index >= 15 is 0 Å². The molecule has 3 aromatic rings. The first kappa shape index (κ1) is 13.7. The number of hydrogen-bond donors (Lipinski definition) is 3. The molecule has 0 bridgehead atoms. The van der Waals surface area contributed by atoms with Gasteiger partial charge in [0.15, 0.2) is 11.5 Å². The molecule has 0 atom stereocenters. The number of aromatic amines is 2. The summed E-state index contributed by atoms with van der Waals surface area (Å²) in [4.78, 5) is 16.4. The number of aromatic nitrogens is 2. The number of nitrogens with one attached hydrogen (secondary N) is 3. The predicted molar refractivity (Wildman–Crippen MR) is 82.3 cm³/mol. The molecule has 23 heavy (non-hydrogen) atoms. The first-order chi connectivity index (χ1) is 11.0. The molecule has 0 radical (unpaired) electrons. The van der Waals surface area contributed by atoms with Crippen LogP contribution in [0.3, 0.4) is 0 Å². The minimum absolute atomic E-state index is 0.0397. The zero-order valence-electron chi connectivity index (χ0n) is 11.6. The predicted octanol–water partition coefficient (Wildman–Crippen LogP) is 1.39. The van der Waals surface area contributed by atoms with E-state index in [1.165, 1.54) is 18.2 Å². The number of ether oxygens (including phenoxy) is 2. The highest BCUT2D eigenvalue weighted by Gasteiger charge is 2.18. The van der Waals surface area contributed by atoms with Crippen molar-refractivity contribution in [2.45, 2.75) is 4.90 Å². The van der Waals surface area contributed by atoms with E-state index in [9.17, 15) is 13.2 Å². The molecule has 9 heteroatoms. The van der Waals surface area contributed by atoms with Gasteiger partial charge >= 0.3 is 5.69 Å². The lowest BCUT2D eigenvalue weighted by Crippen LogP contribution is -2.12. The summed E-state index contributed by atoms with van der Waals surface area (Å²) in [5.41, 5.74) is 0.927. The van der Waals surface area contributed by atoms with Crippen LogP contribution in [-0.2, 0) is 10.0 Å². The summed E-state index contributed by atoms with van der Waals surface area (Å²) in [5.74, 6) is 1.05. The van der Waals surface area contributed by atoms with Gasteiger partial charge in [-0.15, -0.1) is 0 Å². The standard InChI is InChI=1S/C14H11N3O5S/c18-14-15-10-3-2-9(6-11(10)16-14)23(19,20)17-8-1-4-12-13(5-8)22-7-21-12/h1-6,17H,7H2,(H2,15,16,18). The van der Waals surface area contributed by atoms with Gasteiger partial charge in [0.25, 0.3) is 10.0 Å². The van der Waals surface area contributed by atoms with Gasteiger partial charge in [-0.2, -0.15) is 0 Å². The summed E-state index contributed by atoms with van der Waals surface area (Å²) in [6.07, 6.45) is 0. The summed E-state index contributed by atoms with van der Waals surface area (Å²) in [6.45, 7) is 0.114. The molecule has 8 nitrogen and oxygen atoms in total. The Labute approximate surface area is 130 Å². The van der Waals surface area contributed by atoms with E-state index in [4.69, 9.17) is 9.47 Å². The normalized spacial score (nSPS) is 13.4. The van der Waals surface area contributed by atoms with Crippen LogP contribution in [0, 0.1) is 0 Å². The molecule has 0 spiro atoms. The van der Waals surface area contributed by atoms with Gasteiger partial charge < -0.3 is 19.4 Å². The summed E-state index contributed by atoms with van der Waals surface area (Å²) < 4.78 is 37.8. The third kappa shape index (κ3) is 2.40. The minimum atomic E-state index is -3.80. The van der Waals surface area contributed by atoms with Crippen molar-refractivity contribution in [3.8, 4) is 11.5 Å². The van der Waals surface area contributed by atoms with Crippen LogP contribution in [0.15, 0.2) is 46.1 Å². The number of rotatable bonds is 3. The van der Waals surface area contributed by atoms with Gasteiger partial charge in [0, 0.05) is 6.07 Å². The lowest BCUT2D eigenvalue weighted by molar-refractivity contribution is 0.174. The van der Waals surface area contributed by atoms with E-state index in [1.54, 1.807) is 18.2 Å². The number of anilines is 1. The molecule has 2 aromatic carbocycles. The maximum Gasteiger partial charge on any atom is 0.323 e. The van der Waals surface area contributed by atoms with Crippen molar-refractivity contribution < 1.29 is 17.9 Å².